The quantitative estimate of drug-likeness (QED) is 0.479. The standard InChI is InChI=1S/C17H13BrN2O5/c1-19-14-7-4-11(18)8-13(14)17(23,16(19)22)9-15(21)10-2-5-12(6-3-10)20(24)25/h2-8,23H,9H2,1H3/t17-/m1/s1. The third kappa shape index (κ3) is 2.83. The topological polar surface area (TPSA) is 101 Å². The van der Waals surface area contributed by atoms with Crippen molar-refractivity contribution < 1.29 is 19.6 Å². The first kappa shape index (κ1) is 17.2. The van der Waals surface area contributed by atoms with Gasteiger partial charge >= 0.3 is 0 Å². The fraction of sp³-hybridized carbons (Fsp3) is 0.176. The Morgan fingerprint density at radius 3 is 2.52 bits per heavy atom. The largest absolute Gasteiger partial charge is 0.375 e. The molecule has 0 saturated heterocycles. The first-order valence-electron chi connectivity index (χ1n) is 7.32. The second-order valence-electron chi connectivity index (χ2n) is 5.79. The van der Waals surface area contributed by atoms with Crippen LogP contribution in [0.4, 0.5) is 11.4 Å². The van der Waals surface area contributed by atoms with Gasteiger partial charge in [0.05, 0.1) is 17.0 Å². The van der Waals surface area contributed by atoms with Crippen molar-refractivity contribution in [3.05, 3.63) is 68.2 Å². The number of amides is 1. The van der Waals surface area contributed by atoms with Gasteiger partial charge in [0.1, 0.15) is 0 Å². The van der Waals surface area contributed by atoms with Crippen LogP contribution >= 0.6 is 15.9 Å². The Labute approximate surface area is 151 Å². The molecule has 3 rings (SSSR count). The van der Waals surface area contributed by atoms with E-state index in [1.807, 2.05) is 0 Å². The normalized spacial score (nSPS) is 19.0. The number of ketones is 1. The number of carbonyl (C=O) groups is 2. The number of nitro benzene ring substituents is 1. The fourth-order valence-corrected chi connectivity index (χ4v) is 3.27. The number of carbonyl (C=O) groups excluding carboxylic acids is 2. The van der Waals surface area contributed by atoms with E-state index in [9.17, 15) is 24.8 Å². The molecule has 1 atom stereocenters. The minimum Gasteiger partial charge on any atom is -0.375 e. The molecule has 0 aliphatic carbocycles. The molecule has 7 nitrogen and oxygen atoms in total. The lowest BCUT2D eigenvalue weighted by molar-refractivity contribution is -0.384. The van der Waals surface area contributed by atoms with E-state index >= 15 is 0 Å². The third-order valence-electron chi connectivity index (χ3n) is 4.24. The number of anilines is 1. The van der Waals surface area contributed by atoms with Crippen molar-refractivity contribution in [1.29, 1.82) is 0 Å². The van der Waals surface area contributed by atoms with E-state index in [1.165, 1.54) is 36.2 Å². The minimum atomic E-state index is -1.97. The molecule has 0 fully saturated rings. The van der Waals surface area contributed by atoms with Crippen molar-refractivity contribution >= 4 is 39.0 Å². The Bertz CT molecular complexity index is 896. The van der Waals surface area contributed by atoms with Crippen LogP contribution in [0.3, 0.4) is 0 Å². The molecular weight excluding hydrogens is 392 g/mol. The van der Waals surface area contributed by atoms with Crippen molar-refractivity contribution in [2.75, 3.05) is 11.9 Å². The van der Waals surface area contributed by atoms with Gasteiger partial charge in [0, 0.05) is 34.8 Å². The molecular formula is C17H13BrN2O5. The lowest BCUT2D eigenvalue weighted by Gasteiger charge is -2.21. The van der Waals surface area contributed by atoms with E-state index < -0.39 is 28.6 Å². The maximum atomic E-state index is 12.5. The van der Waals surface area contributed by atoms with Gasteiger partial charge in [-0.15, -0.1) is 0 Å². The number of rotatable bonds is 4. The van der Waals surface area contributed by atoms with Crippen molar-refractivity contribution in [3.8, 4) is 0 Å². The smallest absolute Gasteiger partial charge is 0.269 e. The fourth-order valence-electron chi connectivity index (χ4n) is 2.91. The van der Waals surface area contributed by atoms with Crippen LogP contribution in [0.1, 0.15) is 22.3 Å². The summed E-state index contributed by atoms with van der Waals surface area (Å²) in [5, 5.41) is 21.6. The molecule has 0 radical (unpaired) electrons. The van der Waals surface area contributed by atoms with E-state index in [-0.39, 0.29) is 11.3 Å². The number of hydrogen-bond donors (Lipinski definition) is 1. The summed E-state index contributed by atoms with van der Waals surface area (Å²) >= 11 is 3.30. The number of Topliss-reactive ketones (excluding diaryl/α,β-unsaturated/α-hetero) is 1. The molecule has 1 aliphatic heterocycles. The molecule has 128 valence electrons. The van der Waals surface area contributed by atoms with E-state index in [0.717, 1.165) is 0 Å². The highest BCUT2D eigenvalue weighted by molar-refractivity contribution is 9.10. The zero-order chi connectivity index (χ0) is 18.4. The molecule has 8 heteroatoms. The van der Waals surface area contributed by atoms with E-state index in [4.69, 9.17) is 0 Å². The van der Waals surface area contributed by atoms with Gasteiger partial charge in [-0.3, -0.25) is 19.7 Å². The summed E-state index contributed by atoms with van der Waals surface area (Å²) in [6.45, 7) is 0. The lowest BCUT2D eigenvalue weighted by Crippen LogP contribution is -2.40. The SMILES string of the molecule is CN1C(=O)[C@@](O)(CC(=O)c2ccc([N+](=O)[O-])cc2)c2cc(Br)ccc21. The van der Waals surface area contributed by atoms with Gasteiger partial charge in [0.2, 0.25) is 0 Å². The van der Waals surface area contributed by atoms with Gasteiger partial charge in [0.25, 0.3) is 11.6 Å². The Morgan fingerprint density at radius 1 is 1.28 bits per heavy atom. The van der Waals surface area contributed by atoms with E-state index in [1.54, 1.807) is 18.2 Å². The average molecular weight is 405 g/mol. The Hall–Kier alpha value is -2.58. The summed E-state index contributed by atoms with van der Waals surface area (Å²) in [4.78, 5) is 36.5. The Morgan fingerprint density at radius 2 is 1.92 bits per heavy atom. The maximum Gasteiger partial charge on any atom is 0.269 e. The van der Waals surface area contributed by atoms with Crippen LogP contribution in [0.5, 0.6) is 0 Å². The molecule has 0 spiro atoms. The number of non-ortho nitro benzene ring substituents is 1. The maximum absolute atomic E-state index is 12.5. The highest BCUT2D eigenvalue weighted by Crippen LogP contribution is 2.43. The highest BCUT2D eigenvalue weighted by Gasteiger charge is 2.49. The first-order chi connectivity index (χ1) is 11.7. The number of fused-ring (bicyclic) bond motifs is 1. The predicted octanol–water partition coefficient (Wildman–Crippen LogP) is 2.79. The van der Waals surface area contributed by atoms with Gasteiger partial charge in [0.15, 0.2) is 11.4 Å². The second kappa shape index (κ2) is 6.05. The van der Waals surface area contributed by atoms with Crippen LogP contribution in [-0.2, 0) is 10.4 Å². The second-order valence-corrected chi connectivity index (χ2v) is 6.71. The molecule has 1 N–H and O–H groups in total. The zero-order valence-electron chi connectivity index (χ0n) is 13.1. The third-order valence-corrected chi connectivity index (χ3v) is 4.73. The van der Waals surface area contributed by atoms with Gasteiger partial charge < -0.3 is 10.0 Å². The van der Waals surface area contributed by atoms with Crippen LogP contribution in [0.25, 0.3) is 0 Å². The lowest BCUT2D eigenvalue weighted by atomic mass is 9.88. The van der Waals surface area contributed by atoms with Crippen molar-refractivity contribution in [2.45, 2.75) is 12.0 Å². The first-order valence-corrected chi connectivity index (χ1v) is 8.11. The minimum absolute atomic E-state index is 0.138. The van der Waals surface area contributed by atoms with Crippen molar-refractivity contribution in [3.63, 3.8) is 0 Å². The van der Waals surface area contributed by atoms with Gasteiger partial charge in [-0.2, -0.15) is 0 Å². The molecule has 1 amide bonds. The number of hydrogen-bond acceptors (Lipinski definition) is 5. The van der Waals surface area contributed by atoms with Crippen LogP contribution in [0, 0.1) is 10.1 Å². The number of halogens is 1. The van der Waals surface area contributed by atoms with Gasteiger partial charge in [-0.25, -0.2) is 0 Å². The molecule has 0 saturated carbocycles. The summed E-state index contributed by atoms with van der Waals surface area (Å²) in [5.74, 6) is -1.07. The summed E-state index contributed by atoms with van der Waals surface area (Å²) in [5.41, 5.74) is -1.02. The van der Waals surface area contributed by atoms with E-state index in [0.29, 0.717) is 15.7 Å². The van der Waals surface area contributed by atoms with Crippen LogP contribution < -0.4 is 4.90 Å². The molecule has 0 unspecified atom stereocenters. The molecule has 1 heterocycles. The van der Waals surface area contributed by atoms with Gasteiger partial charge in [-0.05, 0) is 30.3 Å². The number of nitrogens with zero attached hydrogens (tertiary/aromatic N) is 2. The van der Waals surface area contributed by atoms with Crippen LogP contribution in [0.15, 0.2) is 46.9 Å². The molecule has 1 aliphatic rings. The van der Waals surface area contributed by atoms with Crippen LogP contribution in [-0.4, -0.2) is 28.8 Å². The zero-order valence-corrected chi connectivity index (χ0v) is 14.7. The van der Waals surface area contributed by atoms with Crippen LogP contribution in [0.2, 0.25) is 0 Å². The molecule has 2 aromatic rings. The highest BCUT2D eigenvalue weighted by atomic mass is 79.9. The number of nitro groups is 1. The predicted molar refractivity (Wildman–Crippen MR) is 93.5 cm³/mol. The molecule has 2 aromatic carbocycles. The molecule has 0 aromatic heterocycles. The van der Waals surface area contributed by atoms with Gasteiger partial charge in [-0.1, -0.05) is 15.9 Å². The number of benzene rings is 2. The summed E-state index contributed by atoms with van der Waals surface area (Å²) in [7, 11) is 1.53. The number of aliphatic hydroxyl groups is 1. The Kier molecular flexibility index (Phi) is 4.18. The Balaban J connectivity index is 1.94. The molecule has 0 bridgehead atoms. The number of likely N-dealkylation sites (N-methyl/N-ethyl adjacent to an activating group) is 1. The van der Waals surface area contributed by atoms with Crippen molar-refractivity contribution in [2.24, 2.45) is 0 Å². The summed E-state index contributed by atoms with van der Waals surface area (Å²) in [6.07, 6.45) is -0.447. The summed E-state index contributed by atoms with van der Waals surface area (Å²) in [6, 6.07) is 10.1. The van der Waals surface area contributed by atoms with E-state index in [2.05, 4.69) is 15.9 Å². The monoisotopic (exact) mass is 404 g/mol. The molecule has 25 heavy (non-hydrogen) atoms. The van der Waals surface area contributed by atoms with Crippen molar-refractivity contribution in [1.82, 2.24) is 0 Å². The summed E-state index contributed by atoms with van der Waals surface area (Å²) < 4.78 is 0.676. The average Bonchev–Trinajstić information content (AvgIpc) is 2.76.